The summed E-state index contributed by atoms with van der Waals surface area (Å²) in [6.07, 6.45) is -10.8. The fourth-order valence-electron chi connectivity index (χ4n) is 1.29. The summed E-state index contributed by atoms with van der Waals surface area (Å²) in [5.74, 6) is -3.09. The summed E-state index contributed by atoms with van der Waals surface area (Å²) < 4.78 is 74.5. The van der Waals surface area contributed by atoms with Gasteiger partial charge in [-0.1, -0.05) is 0 Å². The number of halogens is 6. The first-order valence-electron chi connectivity index (χ1n) is 4.26. The molecule has 1 amide bonds. The Hall–Kier alpha value is -1.93. The van der Waals surface area contributed by atoms with Gasteiger partial charge in [-0.25, -0.2) is 0 Å². The number of amides is 1. The van der Waals surface area contributed by atoms with Gasteiger partial charge in [0, 0.05) is 5.56 Å². The lowest BCUT2D eigenvalue weighted by Crippen LogP contribution is -2.19. The van der Waals surface area contributed by atoms with Crippen LogP contribution < -0.4 is 5.73 Å². The monoisotopic (exact) mass is 273 g/mol. The van der Waals surface area contributed by atoms with E-state index in [1.165, 1.54) is 0 Å². The van der Waals surface area contributed by atoms with Gasteiger partial charge in [0.25, 0.3) is 0 Å². The zero-order valence-electron chi connectivity index (χ0n) is 8.36. The van der Waals surface area contributed by atoms with Crippen LogP contribution in [0.15, 0.2) is 12.1 Å². The van der Waals surface area contributed by atoms with Gasteiger partial charge in [-0.3, -0.25) is 4.79 Å². The van der Waals surface area contributed by atoms with Crippen LogP contribution in [0.3, 0.4) is 0 Å². The van der Waals surface area contributed by atoms with Gasteiger partial charge in [0.15, 0.2) is 0 Å². The van der Waals surface area contributed by atoms with Crippen molar-refractivity contribution in [1.82, 2.24) is 0 Å². The lowest BCUT2D eigenvalue weighted by atomic mass is 10.0. The summed E-state index contributed by atoms with van der Waals surface area (Å²) in [6, 6.07) is 0.186. The van der Waals surface area contributed by atoms with E-state index < -0.39 is 40.7 Å². The second-order valence-electron chi connectivity index (χ2n) is 3.28. The molecule has 1 aromatic carbocycles. The first-order chi connectivity index (χ1) is 7.94. The highest BCUT2D eigenvalue weighted by Gasteiger charge is 2.45. The van der Waals surface area contributed by atoms with Crippen molar-refractivity contribution in [2.75, 3.05) is 0 Å². The molecular formula is C9H5F6NO2. The Balaban J connectivity index is 3.67. The minimum Gasteiger partial charge on any atom is -0.507 e. The van der Waals surface area contributed by atoms with Crippen molar-refractivity contribution >= 4 is 5.91 Å². The van der Waals surface area contributed by atoms with Crippen LogP contribution in [-0.2, 0) is 12.4 Å². The molecule has 0 aromatic heterocycles. The van der Waals surface area contributed by atoms with E-state index in [1.54, 1.807) is 0 Å². The molecule has 0 aliphatic heterocycles. The van der Waals surface area contributed by atoms with E-state index in [0.29, 0.717) is 0 Å². The number of nitrogens with two attached hydrogens (primary N) is 1. The highest BCUT2D eigenvalue weighted by atomic mass is 19.4. The summed E-state index contributed by atoms with van der Waals surface area (Å²) >= 11 is 0. The van der Waals surface area contributed by atoms with Gasteiger partial charge < -0.3 is 10.8 Å². The number of primary amides is 1. The van der Waals surface area contributed by atoms with Gasteiger partial charge in [0.05, 0.1) is 5.56 Å². The van der Waals surface area contributed by atoms with Crippen LogP contribution in [0.4, 0.5) is 26.3 Å². The SMILES string of the molecule is NC(=O)c1cc(O)c(C(F)(F)F)c(C(F)(F)F)c1. The largest absolute Gasteiger partial charge is 0.507 e. The number of alkyl halides is 6. The average Bonchev–Trinajstić information content (AvgIpc) is 2.12. The van der Waals surface area contributed by atoms with Crippen molar-refractivity contribution in [1.29, 1.82) is 0 Å². The van der Waals surface area contributed by atoms with E-state index in [2.05, 4.69) is 5.73 Å². The Labute approximate surface area is 95.8 Å². The Bertz CT molecular complexity index is 491. The van der Waals surface area contributed by atoms with Crippen LogP contribution in [-0.4, -0.2) is 11.0 Å². The van der Waals surface area contributed by atoms with Gasteiger partial charge in [-0.05, 0) is 12.1 Å². The van der Waals surface area contributed by atoms with Crippen molar-refractivity contribution in [3.05, 3.63) is 28.8 Å². The maximum Gasteiger partial charge on any atom is 0.420 e. The lowest BCUT2D eigenvalue weighted by molar-refractivity contribution is -0.163. The molecule has 18 heavy (non-hydrogen) atoms. The molecule has 0 saturated carbocycles. The van der Waals surface area contributed by atoms with Gasteiger partial charge in [0.2, 0.25) is 5.91 Å². The number of hydrogen-bond acceptors (Lipinski definition) is 2. The molecule has 0 saturated heterocycles. The number of carbonyl (C=O) groups excluding carboxylic acids is 1. The van der Waals surface area contributed by atoms with E-state index in [9.17, 15) is 31.1 Å². The Kier molecular flexibility index (Phi) is 3.20. The number of phenols is 1. The molecule has 100 valence electrons. The number of phenolic OH excluding ortho intramolecular Hbond substituents is 1. The van der Waals surface area contributed by atoms with E-state index in [1.807, 2.05) is 0 Å². The summed E-state index contributed by atoms with van der Waals surface area (Å²) in [7, 11) is 0. The van der Waals surface area contributed by atoms with Crippen LogP contribution in [0.2, 0.25) is 0 Å². The van der Waals surface area contributed by atoms with Crippen LogP contribution in [0.25, 0.3) is 0 Å². The molecule has 9 heteroatoms. The Morgan fingerprint density at radius 1 is 1.06 bits per heavy atom. The minimum atomic E-state index is -5.41. The van der Waals surface area contributed by atoms with Crippen LogP contribution in [0.1, 0.15) is 21.5 Å². The Morgan fingerprint density at radius 2 is 1.56 bits per heavy atom. The summed E-state index contributed by atoms with van der Waals surface area (Å²) in [5.41, 5.74) is -0.626. The fraction of sp³-hybridized carbons (Fsp3) is 0.222. The topological polar surface area (TPSA) is 63.3 Å². The van der Waals surface area contributed by atoms with Gasteiger partial charge in [-0.2, -0.15) is 26.3 Å². The number of aromatic hydroxyl groups is 1. The van der Waals surface area contributed by atoms with Crippen molar-refractivity contribution in [3.8, 4) is 5.75 Å². The second-order valence-corrected chi connectivity index (χ2v) is 3.28. The highest BCUT2D eigenvalue weighted by Crippen LogP contribution is 2.45. The van der Waals surface area contributed by atoms with E-state index in [0.717, 1.165) is 0 Å². The van der Waals surface area contributed by atoms with Crippen LogP contribution >= 0.6 is 0 Å². The molecule has 0 atom stereocenters. The molecule has 3 N–H and O–H groups in total. The summed E-state index contributed by atoms with van der Waals surface area (Å²) in [5, 5.41) is 8.99. The third kappa shape index (κ3) is 2.66. The molecule has 0 aliphatic rings. The molecule has 0 aliphatic carbocycles. The Morgan fingerprint density at radius 3 is 1.89 bits per heavy atom. The number of benzene rings is 1. The first kappa shape index (κ1) is 14.1. The first-order valence-corrected chi connectivity index (χ1v) is 4.26. The van der Waals surface area contributed by atoms with Crippen molar-refractivity contribution in [2.24, 2.45) is 5.73 Å². The smallest absolute Gasteiger partial charge is 0.420 e. The third-order valence-corrected chi connectivity index (χ3v) is 1.99. The molecule has 0 unspecified atom stereocenters. The van der Waals surface area contributed by atoms with Crippen molar-refractivity contribution in [2.45, 2.75) is 12.4 Å². The van der Waals surface area contributed by atoms with Crippen molar-refractivity contribution in [3.63, 3.8) is 0 Å². The maximum absolute atomic E-state index is 12.4. The molecule has 0 bridgehead atoms. The predicted molar refractivity (Wildman–Crippen MR) is 46.6 cm³/mol. The van der Waals surface area contributed by atoms with Crippen molar-refractivity contribution < 1.29 is 36.2 Å². The molecule has 1 rings (SSSR count). The molecule has 0 spiro atoms. The quantitative estimate of drug-likeness (QED) is 0.772. The zero-order chi connectivity index (χ0) is 14.3. The fourth-order valence-corrected chi connectivity index (χ4v) is 1.29. The summed E-state index contributed by atoms with van der Waals surface area (Å²) in [6.45, 7) is 0. The van der Waals surface area contributed by atoms with Gasteiger partial charge >= 0.3 is 12.4 Å². The van der Waals surface area contributed by atoms with Gasteiger partial charge in [0.1, 0.15) is 11.3 Å². The van der Waals surface area contributed by atoms with E-state index >= 15 is 0 Å². The molecule has 0 fully saturated rings. The molecule has 0 heterocycles. The third-order valence-electron chi connectivity index (χ3n) is 1.99. The zero-order valence-corrected chi connectivity index (χ0v) is 8.36. The number of hydrogen-bond donors (Lipinski definition) is 2. The van der Waals surface area contributed by atoms with Crippen LogP contribution in [0.5, 0.6) is 5.75 Å². The standard InChI is InChI=1S/C9H5F6NO2/c10-8(11,12)4-1-3(7(16)18)2-5(17)6(4)9(13,14)15/h1-2,17H,(H2,16,18). The summed E-state index contributed by atoms with van der Waals surface area (Å²) in [4.78, 5) is 10.7. The number of rotatable bonds is 1. The van der Waals surface area contributed by atoms with E-state index in [4.69, 9.17) is 5.11 Å². The van der Waals surface area contributed by atoms with Crippen LogP contribution in [0, 0.1) is 0 Å². The lowest BCUT2D eigenvalue weighted by Gasteiger charge is -2.17. The molecule has 3 nitrogen and oxygen atoms in total. The molecular weight excluding hydrogens is 268 g/mol. The minimum absolute atomic E-state index is 0.0507. The number of carbonyl (C=O) groups is 1. The average molecular weight is 273 g/mol. The normalized spacial score (nSPS) is 12.6. The van der Waals surface area contributed by atoms with E-state index in [-0.39, 0.29) is 12.1 Å². The highest BCUT2D eigenvalue weighted by molar-refractivity contribution is 5.93. The second kappa shape index (κ2) is 4.07. The predicted octanol–water partition coefficient (Wildman–Crippen LogP) is 2.53. The molecule has 0 radical (unpaired) electrons. The molecule has 1 aromatic rings. The van der Waals surface area contributed by atoms with Gasteiger partial charge in [-0.15, -0.1) is 0 Å². The maximum atomic E-state index is 12.4.